The largest absolute Gasteiger partial charge is 0.0654 e. The highest BCUT2D eigenvalue weighted by molar-refractivity contribution is 4.80. The van der Waals surface area contributed by atoms with E-state index >= 15 is 0 Å². The summed E-state index contributed by atoms with van der Waals surface area (Å²) in [4.78, 5) is 0. The van der Waals surface area contributed by atoms with Crippen molar-refractivity contribution in [2.24, 2.45) is 23.7 Å². The molecule has 72 valence electrons. The lowest BCUT2D eigenvalue weighted by molar-refractivity contribution is 0.130. The first kappa shape index (κ1) is 10.1. The van der Waals surface area contributed by atoms with Crippen LogP contribution < -0.4 is 0 Å². The molecule has 0 aromatic heterocycles. The standard InChI is InChI=1S/C12H24/c1-5-6-12-8-9(2)7-10(3)11(12)4/h9-12H,5-8H2,1-4H3. The Kier molecular flexibility index (Phi) is 3.61. The number of hydrogen-bond donors (Lipinski definition) is 0. The van der Waals surface area contributed by atoms with Crippen molar-refractivity contribution in [1.29, 1.82) is 0 Å². The van der Waals surface area contributed by atoms with Crippen molar-refractivity contribution < 1.29 is 0 Å². The van der Waals surface area contributed by atoms with Crippen molar-refractivity contribution >= 4 is 0 Å². The third-order valence-corrected chi connectivity index (χ3v) is 3.78. The molecule has 1 rings (SSSR count). The van der Waals surface area contributed by atoms with Crippen LogP contribution in [0, 0.1) is 23.7 Å². The average Bonchev–Trinajstić information content (AvgIpc) is 2.00. The van der Waals surface area contributed by atoms with Crippen LogP contribution in [0.4, 0.5) is 0 Å². The molecule has 12 heavy (non-hydrogen) atoms. The summed E-state index contributed by atoms with van der Waals surface area (Å²) in [6.07, 6.45) is 5.77. The highest BCUT2D eigenvalue weighted by Crippen LogP contribution is 2.39. The van der Waals surface area contributed by atoms with Crippen LogP contribution in [0.25, 0.3) is 0 Å². The Bertz CT molecular complexity index is 128. The summed E-state index contributed by atoms with van der Waals surface area (Å²) in [5.74, 6) is 3.94. The molecule has 1 saturated carbocycles. The summed E-state index contributed by atoms with van der Waals surface area (Å²) in [5.41, 5.74) is 0. The van der Waals surface area contributed by atoms with E-state index in [1.54, 1.807) is 0 Å². The van der Waals surface area contributed by atoms with Crippen LogP contribution in [-0.2, 0) is 0 Å². The van der Waals surface area contributed by atoms with Gasteiger partial charge in [0.2, 0.25) is 0 Å². The Balaban J connectivity index is 2.47. The molecule has 0 aliphatic heterocycles. The van der Waals surface area contributed by atoms with Crippen molar-refractivity contribution in [2.45, 2.75) is 53.4 Å². The van der Waals surface area contributed by atoms with E-state index in [2.05, 4.69) is 27.7 Å². The van der Waals surface area contributed by atoms with Crippen molar-refractivity contribution in [1.82, 2.24) is 0 Å². The van der Waals surface area contributed by atoms with E-state index in [0.29, 0.717) is 0 Å². The molecule has 0 heteroatoms. The van der Waals surface area contributed by atoms with Gasteiger partial charge >= 0.3 is 0 Å². The summed E-state index contributed by atoms with van der Waals surface area (Å²) in [6, 6.07) is 0. The maximum absolute atomic E-state index is 2.46. The fourth-order valence-electron chi connectivity index (χ4n) is 2.89. The second kappa shape index (κ2) is 4.30. The molecular formula is C12H24. The first-order valence-corrected chi connectivity index (χ1v) is 5.65. The van der Waals surface area contributed by atoms with E-state index in [1.165, 1.54) is 25.7 Å². The summed E-state index contributed by atoms with van der Waals surface area (Å²) in [6.45, 7) is 9.63. The summed E-state index contributed by atoms with van der Waals surface area (Å²) >= 11 is 0. The van der Waals surface area contributed by atoms with Crippen LogP contribution in [-0.4, -0.2) is 0 Å². The molecule has 4 unspecified atom stereocenters. The highest BCUT2D eigenvalue weighted by Gasteiger charge is 2.29. The van der Waals surface area contributed by atoms with Crippen molar-refractivity contribution in [3.63, 3.8) is 0 Å². The van der Waals surface area contributed by atoms with Crippen LogP contribution in [0.15, 0.2) is 0 Å². The Hall–Kier alpha value is 0. The van der Waals surface area contributed by atoms with Crippen molar-refractivity contribution in [2.75, 3.05) is 0 Å². The minimum absolute atomic E-state index is 0.963. The second-order valence-corrected chi connectivity index (χ2v) is 4.96. The first-order valence-electron chi connectivity index (χ1n) is 5.65. The van der Waals surface area contributed by atoms with Gasteiger partial charge < -0.3 is 0 Å². The van der Waals surface area contributed by atoms with E-state index in [4.69, 9.17) is 0 Å². The van der Waals surface area contributed by atoms with Crippen LogP contribution in [0.1, 0.15) is 53.4 Å². The fourth-order valence-corrected chi connectivity index (χ4v) is 2.89. The molecule has 0 radical (unpaired) electrons. The van der Waals surface area contributed by atoms with Crippen LogP contribution in [0.3, 0.4) is 0 Å². The normalized spacial score (nSPS) is 43.0. The average molecular weight is 168 g/mol. The molecule has 1 aliphatic carbocycles. The van der Waals surface area contributed by atoms with Gasteiger partial charge in [0.15, 0.2) is 0 Å². The Morgan fingerprint density at radius 1 is 1.08 bits per heavy atom. The van der Waals surface area contributed by atoms with Gasteiger partial charge in [0.1, 0.15) is 0 Å². The maximum Gasteiger partial charge on any atom is -0.0384 e. The molecule has 0 bridgehead atoms. The monoisotopic (exact) mass is 168 g/mol. The summed E-state index contributed by atoms with van der Waals surface area (Å²) in [5, 5.41) is 0. The van der Waals surface area contributed by atoms with Gasteiger partial charge in [-0.3, -0.25) is 0 Å². The van der Waals surface area contributed by atoms with Gasteiger partial charge in [0, 0.05) is 0 Å². The van der Waals surface area contributed by atoms with Crippen LogP contribution in [0.5, 0.6) is 0 Å². The maximum atomic E-state index is 2.46. The fraction of sp³-hybridized carbons (Fsp3) is 1.00. The SMILES string of the molecule is CCCC1CC(C)CC(C)C1C. The quantitative estimate of drug-likeness (QED) is 0.582. The lowest BCUT2D eigenvalue weighted by Crippen LogP contribution is -2.28. The third-order valence-electron chi connectivity index (χ3n) is 3.78. The zero-order chi connectivity index (χ0) is 9.14. The van der Waals surface area contributed by atoms with Gasteiger partial charge in [-0.2, -0.15) is 0 Å². The van der Waals surface area contributed by atoms with Gasteiger partial charge in [-0.05, 0) is 36.5 Å². The van der Waals surface area contributed by atoms with Gasteiger partial charge in [-0.25, -0.2) is 0 Å². The molecule has 0 saturated heterocycles. The molecule has 0 heterocycles. The molecule has 0 spiro atoms. The highest BCUT2D eigenvalue weighted by atomic mass is 14.3. The lowest BCUT2D eigenvalue weighted by Gasteiger charge is -2.37. The Morgan fingerprint density at radius 2 is 1.75 bits per heavy atom. The zero-order valence-corrected chi connectivity index (χ0v) is 9.14. The van der Waals surface area contributed by atoms with E-state index in [1.807, 2.05) is 0 Å². The van der Waals surface area contributed by atoms with Crippen molar-refractivity contribution in [3.8, 4) is 0 Å². The third kappa shape index (κ3) is 2.24. The second-order valence-electron chi connectivity index (χ2n) is 4.96. The van der Waals surface area contributed by atoms with E-state index in [9.17, 15) is 0 Å². The summed E-state index contributed by atoms with van der Waals surface area (Å²) in [7, 11) is 0. The van der Waals surface area contributed by atoms with Gasteiger partial charge in [0.05, 0.1) is 0 Å². The van der Waals surface area contributed by atoms with Crippen molar-refractivity contribution in [3.05, 3.63) is 0 Å². The van der Waals surface area contributed by atoms with Gasteiger partial charge in [0.25, 0.3) is 0 Å². The number of hydrogen-bond acceptors (Lipinski definition) is 0. The molecule has 0 aromatic carbocycles. The lowest BCUT2D eigenvalue weighted by atomic mass is 9.68. The van der Waals surface area contributed by atoms with E-state index < -0.39 is 0 Å². The topological polar surface area (TPSA) is 0 Å². The first-order chi connectivity index (χ1) is 5.65. The van der Waals surface area contributed by atoms with E-state index in [0.717, 1.165) is 23.7 Å². The predicted molar refractivity (Wildman–Crippen MR) is 55.1 cm³/mol. The molecule has 0 aromatic rings. The molecular weight excluding hydrogens is 144 g/mol. The van der Waals surface area contributed by atoms with E-state index in [-0.39, 0.29) is 0 Å². The smallest absolute Gasteiger partial charge is 0.0384 e. The molecule has 1 aliphatic rings. The minimum Gasteiger partial charge on any atom is -0.0654 e. The number of rotatable bonds is 2. The molecule has 0 amide bonds. The Labute approximate surface area is 77.7 Å². The van der Waals surface area contributed by atoms with Crippen LogP contribution >= 0.6 is 0 Å². The molecule has 1 fully saturated rings. The van der Waals surface area contributed by atoms with Gasteiger partial charge in [-0.15, -0.1) is 0 Å². The molecule has 0 nitrogen and oxygen atoms in total. The van der Waals surface area contributed by atoms with Gasteiger partial charge in [-0.1, -0.05) is 40.5 Å². The zero-order valence-electron chi connectivity index (χ0n) is 9.14. The molecule has 4 atom stereocenters. The predicted octanol–water partition coefficient (Wildman–Crippen LogP) is 4.10. The molecule has 0 N–H and O–H groups in total. The Morgan fingerprint density at radius 3 is 2.33 bits per heavy atom. The minimum atomic E-state index is 0.963. The summed E-state index contributed by atoms with van der Waals surface area (Å²) < 4.78 is 0. The van der Waals surface area contributed by atoms with Crippen LogP contribution in [0.2, 0.25) is 0 Å².